The summed E-state index contributed by atoms with van der Waals surface area (Å²) >= 11 is 0. The van der Waals surface area contributed by atoms with Gasteiger partial charge in [-0.25, -0.2) is 9.97 Å². The number of carbonyl (C=O) groups excluding carboxylic acids is 1. The lowest BCUT2D eigenvalue weighted by Crippen LogP contribution is -2.51. The van der Waals surface area contributed by atoms with Crippen molar-refractivity contribution in [3.8, 4) is 0 Å². The first-order valence-electron chi connectivity index (χ1n) is 8.30. The van der Waals surface area contributed by atoms with Crippen molar-refractivity contribution in [2.45, 2.75) is 19.1 Å². The maximum atomic E-state index is 13.1. The van der Waals surface area contributed by atoms with Gasteiger partial charge in [0.1, 0.15) is 5.82 Å². The van der Waals surface area contributed by atoms with Crippen LogP contribution in [0.5, 0.6) is 0 Å². The molecule has 1 fully saturated rings. The molecule has 0 N–H and O–H groups in total. The Morgan fingerprint density at radius 2 is 2.04 bits per heavy atom. The fourth-order valence-electron chi connectivity index (χ4n) is 3.13. The van der Waals surface area contributed by atoms with E-state index in [0.29, 0.717) is 31.1 Å². The lowest BCUT2D eigenvalue weighted by Gasteiger charge is -2.41. The summed E-state index contributed by atoms with van der Waals surface area (Å²) in [5.41, 5.74) is 1.46. The van der Waals surface area contributed by atoms with E-state index in [9.17, 15) is 4.79 Å². The smallest absolute Gasteiger partial charge is 0.257 e. The van der Waals surface area contributed by atoms with Crippen molar-refractivity contribution in [2.24, 2.45) is 7.05 Å². The van der Waals surface area contributed by atoms with E-state index in [0.717, 1.165) is 5.56 Å². The van der Waals surface area contributed by atoms with Crippen LogP contribution in [0.1, 0.15) is 27.8 Å². The molecule has 1 saturated heterocycles. The van der Waals surface area contributed by atoms with Gasteiger partial charge in [0.15, 0.2) is 0 Å². The van der Waals surface area contributed by atoms with Gasteiger partial charge >= 0.3 is 0 Å². The highest BCUT2D eigenvalue weighted by molar-refractivity contribution is 5.94. The zero-order chi connectivity index (χ0) is 18.0. The maximum absolute atomic E-state index is 13.1. The van der Waals surface area contributed by atoms with E-state index in [4.69, 9.17) is 4.74 Å². The van der Waals surface area contributed by atoms with E-state index in [2.05, 4.69) is 20.0 Å². The molecule has 3 heterocycles. The van der Waals surface area contributed by atoms with Crippen LogP contribution in [0.4, 0.5) is 0 Å². The molecule has 1 aliphatic heterocycles. The third-order valence-corrected chi connectivity index (χ3v) is 4.25. The molecule has 0 aromatic carbocycles. The number of aromatic nitrogens is 4. The summed E-state index contributed by atoms with van der Waals surface area (Å²) in [4.78, 5) is 25.3. The third-order valence-electron chi connectivity index (χ3n) is 4.25. The quantitative estimate of drug-likeness (QED) is 0.811. The van der Waals surface area contributed by atoms with Gasteiger partial charge in [0, 0.05) is 44.3 Å². The predicted octanol–water partition coefficient (Wildman–Crippen LogP) is 0.662. The number of carbonyl (C=O) groups is 1. The van der Waals surface area contributed by atoms with Gasteiger partial charge in [-0.15, -0.1) is 0 Å². The molecule has 8 heteroatoms. The van der Waals surface area contributed by atoms with E-state index in [-0.39, 0.29) is 18.1 Å². The normalized spacial score (nSPS) is 20.9. The zero-order valence-electron chi connectivity index (χ0n) is 15.1. The molecule has 2 aromatic heterocycles. The summed E-state index contributed by atoms with van der Waals surface area (Å²) < 4.78 is 7.74. The molecule has 25 heavy (non-hydrogen) atoms. The summed E-state index contributed by atoms with van der Waals surface area (Å²) in [7, 11) is 5.87. The van der Waals surface area contributed by atoms with Crippen molar-refractivity contribution < 1.29 is 9.53 Å². The number of amides is 1. The molecule has 1 aliphatic rings. The highest BCUT2D eigenvalue weighted by Gasteiger charge is 2.37. The van der Waals surface area contributed by atoms with Crippen LogP contribution in [0.3, 0.4) is 0 Å². The van der Waals surface area contributed by atoms with Crippen LogP contribution in [-0.2, 0) is 11.8 Å². The molecule has 0 radical (unpaired) electrons. The van der Waals surface area contributed by atoms with E-state index in [1.54, 1.807) is 30.2 Å². The number of hydrogen-bond donors (Lipinski definition) is 0. The maximum Gasteiger partial charge on any atom is 0.257 e. The standard InChI is InChI=1S/C17H24N6O2/c1-12-18-7-13(8-19-12)17(24)23-5-6-25-15(11-21(2)3)16(23)14-9-20-22(4)10-14/h7-10,15-16H,5-6,11H2,1-4H3/t15-,16-/m0/s1. The van der Waals surface area contributed by atoms with Crippen molar-refractivity contribution in [1.29, 1.82) is 0 Å². The van der Waals surface area contributed by atoms with Crippen molar-refractivity contribution in [3.05, 3.63) is 41.7 Å². The Balaban J connectivity index is 1.93. The van der Waals surface area contributed by atoms with Crippen LogP contribution in [0.25, 0.3) is 0 Å². The predicted molar refractivity (Wildman–Crippen MR) is 92.0 cm³/mol. The fourth-order valence-corrected chi connectivity index (χ4v) is 3.13. The first-order valence-corrected chi connectivity index (χ1v) is 8.30. The Bertz CT molecular complexity index is 727. The van der Waals surface area contributed by atoms with Gasteiger partial charge in [-0.1, -0.05) is 0 Å². The molecule has 0 saturated carbocycles. The first-order chi connectivity index (χ1) is 12.0. The zero-order valence-corrected chi connectivity index (χ0v) is 15.1. The summed E-state index contributed by atoms with van der Waals surface area (Å²) in [6.45, 7) is 3.55. The minimum Gasteiger partial charge on any atom is -0.373 e. The van der Waals surface area contributed by atoms with Crippen LogP contribution >= 0.6 is 0 Å². The Morgan fingerprint density at radius 1 is 1.32 bits per heavy atom. The van der Waals surface area contributed by atoms with Gasteiger partial charge in [0.25, 0.3) is 5.91 Å². The van der Waals surface area contributed by atoms with Gasteiger partial charge < -0.3 is 14.5 Å². The summed E-state index contributed by atoms with van der Waals surface area (Å²) in [6.07, 6.45) is 6.79. The minimum atomic E-state index is -0.196. The van der Waals surface area contributed by atoms with Crippen molar-refractivity contribution >= 4 is 5.91 Å². The highest BCUT2D eigenvalue weighted by atomic mass is 16.5. The number of nitrogens with zero attached hydrogens (tertiary/aromatic N) is 6. The Morgan fingerprint density at radius 3 is 2.64 bits per heavy atom. The second-order valence-electron chi connectivity index (χ2n) is 6.58. The number of hydrogen-bond acceptors (Lipinski definition) is 6. The van der Waals surface area contributed by atoms with E-state index in [1.165, 1.54) is 0 Å². The second kappa shape index (κ2) is 7.28. The molecule has 0 spiro atoms. The lowest BCUT2D eigenvalue weighted by atomic mass is 9.99. The van der Waals surface area contributed by atoms with Gasteiger partial charge in [-0.2, -0.15) is 5.10 Å². The lowest BCUT2D eigenvalue weighted by molar-refractivity contribution is -0.0685. The number of aryl methyl sites for hydroxylation is 2. The van der Waals surface area contributed by atoms with E-state index < -0.39 is 0 Å². The van der Waals surface area contributed by atoms with Crippen LogP contribution in [-0.4, -0.2) is 75.4 Å². The average Bonchev–Trinajstić information content (AvgIpc) is 3.00. The molecular weight excluding hydrogens is 320 g/mol. The van der Waals surface area contributed by atoms with Crippen molar-refractivity contribution in [3.63, 3.8) is 0 Å². The van der Waals surface area contributed by atoms with Gasteiger partial charge in [-0.05, 0) is 21.0 Å². The number of morpholine rings is 1. The number of rotatable bonds is 4. The Kier molecular flexibility index (Phi) is 5.10. The minimum absolute atomic E-state index is 0.0825. The summed E-state index contributed by atoms with van der Waals surface area (Å²) in [6, 6.07) is -0.196. The Labute approximate surface area is 147 Å². The van der Waals surface area contributed by atoms with Gasteiger partial charge in [0.2, 0.25) is 0 Å². The molecule has 0 unspecified atom stereocenters. The molecule has 134 valence electrons. The monoisotopic (exact) mass is 344 g/mol. The SMILES string of the molecule is Cc1ncc(C(=O)N2CCO[C@@H](CN(C)C)[C@@H]2c2cnn(C)c2)cn1. The van der Waals surface area contributed by atoms with Crippen LogP contribution in [0.15, 0.2) is 24.8 Å². The molecule has 3 rings (SSSR count). The Hall–Kier alpha value is -2.32. The highest BCUT2D eigenvalue weighted by Crippen LogP contribution is 2.31. The second-order valence-corrected chi connectivity index (χ2v) is 6.58. The summed E-state index contributed by atoms with van der Waals surface area (Å²) in [5, 5.41) is 4.27. The molecule has 2 aromatic rings. The van der Waals surface area contributed by atoms with Crippen molar-refractivity contribution in [1.82, 2.24) is 29.5 Å². The molecule has 0 bridgehead atoms. The molecule has 2 atom stereocenters. The molecular formula is C17H24N6O2. The fraction of sp³-hybridized carbons (Fsp3) is 0.529. The van der Waals surface area contributed by atoms with Crippen LogP contribution < -0.4 is 0 Å². The molecule has 8 nitrogen and oxygen atoms in total. The average molecular weight is 344 g/mol. The van der Waals surface area contributed by atoms with Crippen LogP contribution in [0.2, 0.25) is 0 Å². The van der Waals surface area contributed by atoms with Crippen LogP contribution in [0, 0.1) is 6.92 Å². The van der Waals surface area contributed by atoms with Crippen molar-refractivity contribution in [2.75, 3.05) is 33.8 Å². The third kappa shape index (κ3) is 3.85. The first kappa shape index (κ1) is 17.5. The van der Waals surface area contributed by atoms with E-state index >= 15 is 0 Å². The molecule has 0 aliphatic carbocycles. The number of likely N-dealkylation sites (N-methyl/N-ethyl adjacent to an activating group) is 1. The molecule has 1 amide bonds. The van der Waals surface area contributed by atoms with Gasteiger partial charge in [-0.3, -0.25) is 9.48 Å². The topological polar surface area (TPSA) is 76.4 Å². The van der Waals surface area contributed by atoms with Gasteiger partial charge in [0.05, 0.1) is 30.5 Å². The number of ether oxygens (including phenoxy) is 1. The summed E-state index contributed by atoms with van der Waals surface area (Å²) in [5.74, 6) is 0.564. The largest absolute Gasteiger partial charge is 0.373 e. The van der Waals surface area contributed by atoms with E-state index in [1.807, 2.05) is 32.2 Å².